The molecule has 1 N–H and O–H groups in total. The average Bonchev–Trinajstić information content (AvgIpc) is 3.22. The lowest BCUT2D eigenvalue weighted by atomic mass is 9.97. The third kappa shape index (κ3) is 4.26. The van der Waals surface area contributed by atoms with Crippen molar-refractivity contribution >= 4 is 21.6 Å². The van der Waals surface area contributed by atoms with Crippen LogP contribution in [0.5, 0.6) is 0 Å². The van der Waals surface area contributed by atoms with E-state index in [0.29, 0.717) is 0 Å². The van der Waals surface area contributed by atoms with Gasteiger partial charge in [0, 0.05) is 4.88 Å². The number of aliphatic hydroxyl groups is 1. The molecule has 0 spiro atoms. The van der Waals surface area contributed by atoms with Crippen molar-refractivity contribution in [1.29, 1.82) is 0 Å². The molecule has 4 aromatic rings. The van der Waals surface area contributed by atoms with E-state index in [4.69, 9.17) is 4.74 Å². The molecule has 2 aromatic carbocycles. The predicted molar refractivity (Wildman–Crippen MR) is 127 cm³/mol. The number of fused-ring (bicyclic) bond motifs is 3. The first-order valence-corrected chi connectivity index (χ1v) is 11.9. The first-order valence-electron chi connectivity index (χ1n) is 11.1. The van der Waals surface area contributed by atoms with E-state index < -0.39 is 6.10 Å². The number of ether oxygens (including phenoxy) is 1. The molecule has 1 atom stereocenters. The van der Waals surface area contributed by atoms with E-state index in [-0.39, 0.29) is 24.8 Å². The Morgan fingerprint density at radius 1 is 1.00 bits per heavy atom. The van der Waals surface area contributed by atoms with Crippen LogP contribution in [0, 0.1) is 0 Å². The summed E-state index contributed by atoms with van der Waals surface area (Å²) < 4.78 is 7.69. The SMILES string of the molecule is O=c1c2c3c(sc2ncn1C[C@@H](O)COC(c1ccccc1)c1ccccc1)CCCC3. The van der Waals surface area contributed by atoms with E-state index in [2.05, 4.69) is 4.98 Å². The zero-order chi connectivity index (χ0) is 21.9. The van der Waals surface area contributed by atoms with E-state index in [1.165, 1.54) is 21.4 Å². The van der Waals surface area contributed by atoms with Gasteiger partial charge in [-0.15, -0.1) is 11.3 Å². The van der Waals surface area contributed by atoms with Crippen molar-refractivity contribution in [3.8, 4) is 0 Å². The summed E-state index contributed by atoms with van der Waals surface area (Å²) in [6, 6.07) is 19.9. The maximum Gasteiger partial charge on any atom is 0.262 e. The second kappa shape index (κ2) is 9.36. The second-order valence-electron chi connectivity index (χ2n) is 8.28. The summed E-state index contributed by atoms with van der Waals surface area (Å²) in [6.07, 6.45) is 4.72. The highest BCUT2D eigenvalue weighted by molar-refractivity contribution is 7.18. The van der Waals surface area contributed by atoms with Gasteiger partial charge < -0.3 is 9.84 Å². The highest BCUT2D eigenvalue weighted by Crippen LogP contribution is 2.33. The molecule has 2 heterocycles. The molecular formula is C26H26N2O3S. The minimum absolute atomic E-state index is 0.0591. The summed E-state index contributed by atoms with van der Waals surface area (Å²) in [5.74, 6) is 0. The van der Waals surface area contributed by atoms with Gasteiger partial charge in [-0.05, 0) is 42.4 Å². The molecule has 0 bridgehead atoms. The van der Waals surface area contributed by atoms with Gasteiger partial charge in [-0.1, -0.05) is 60.7 Å². The topological polar surface area (TPSA) is 64.4 Å². The monoisotopic (exact) mass is 446 g/mol. The van der Waals surface area contributed by atoms with E-state index in [1.807, 2.05) is 60.7 Å². The number of benzene rings is 2. The summed E-state index contributed by atoms with van der Waals surface area (Å²) in [4.78, 5) is 19.8. The molecule has 1 aliphatic carbocycles. The van der Waals surface area contributed by atoms with Gasteiger partial charge in [0.15, 0.2) is 0 Å². The number of aliphatic hydroxyl groups excluding tert-OH is 1. The lowest BCUT2D eigenvalue weighted by Crippen LogP contribution is -2.30. The second-order valence-corrected chi connectivity index (χ2v) is 9.37. The molecule has 0 saturated heterocycles. The van der Waals surface area contributed by atoms with Gasteiger partial charge in [-0.2, -0.15) is 0 Å². The first kappa shape index (κ1) is 21.1. The van der Waals surface area contributed by atoms with Crippen molar-refractivity contribution in [3.63, 3.8) is 0 Å². The van der Waals surface area contributed by atoms with Gasteiger partial charge in [-0.3, -0.25) is 9.36 Å². The largest absolute Gasteiger partial charge is 0.389 e. The Labute approximate surface area is 190 Å². The molecule has 164 valence electrons. The molecule has 0 aliphatic heterocycles. The summed E-state index contributed by atoms with van der Waals surface area (Å²) in [7, 11) is 0. The Morgan fingerprint density at radius 3 is 2.34 bits per heavy atom. The number of thiophene rings is 1. The maximum absolute atomic E-state index is 13.2. The zero-order valence-electron chi connectivity index (χ0n) is 17.8. The first-order chi connectivity index (χ1) is 15.7. The molecule has 0 amide bonds. The van der Waals surface area contributed by atoms with Crippen LogP contribution in [0.2, 0.25) is 0 Å². The minimum Gasteiger partial charge on any atom is -0.389 e. The molecule has 32 heavy (non-hydrogen) atoms. The van der Waals surface area contributed by atoms with Crippen LogP contribution in [-0.4, -0.2) is 27.4 Å². The molecular weight excluding hydrogens is 420 g/mol. The Balaban J connectivity index is 1.34. The molecule has 0 saturated carbocycles. The quantitative estimate of drug-likeness (QED) is 0.454. The van der Waals surface area contributed by atoms with Crippen molar-refractivity contribution in [2.24, 2.45) is 0 Å². The predicted octanol–water partition coefficient (Wildman–Crippen LogP) is 4.50. The van der Waals surface area contributed by atoms with E-state index in [1.54, 1.807) is 17.7 Å². The van der Waals surface area contributed by atoms with Gasteiger partial charge in [0.25, 0.3) is 5.56 Å². The molecule has 5 rings (SSSR count). The Hall–Kier alpha value is -2.80. The van der Waals surface area contributed by atoms with E-state index in [0.717, 1.165) is 40.6 Å². The van der Waals surface area contributed by atoms with Crippen LogP contribution in [0.1, 0.15) is 40.5 Å². The number of nitrogens with zero attached hydrogens (tertiary/aromatic N) is 2. The Morgan fingerprint density at radius 2 is 1.66 bits per heavy atom. The summed E-state index contributed by atoms with van der Waals surface area (Å²) in [6.45, 7) is 0.267. The third-order valence-electron chi connectivity index (χ3n) is 6.01. The average molecular weight is 447 g/mol. The van der Waals surface area contributed by atoms with Crippen LogP contribution in [0.3, 0.4) is 0 Å². The third-order valence-corrected chi connectivity index (χ3v) is 7.21. The maximum atomic E-state index is 13.2. The molecule has 1 aliphatic rings. The van der Waals surface area contributed by atoms with Crippen molar-refractivity contribution in [1.82, 2.24) is 9.55 Å². The van der Waals surface area contributed by atoms with Gasteiger partial charge in [-0.25, -0.2) is 4.98 Å². The van der Waals surface area contributed by atoms with Crippen LogP contribution in [0.4, 0.5) is 0 Å². The normalized spacial score (nSPS) is 14.6. The van der Waals surface area contributed by atoms with Crippen molar-refractivity contribution in [2.45, 2.75) is 44.4 Å². The van der Waals surface area contributed by atoms with Crippen LogP contribution in [0.15, 0.2) is 71.8 Å². The zero-order valence-corrected chi connectivity index (χ0v) is 18.6. The highest BCUT2D eigenvalue weighted by Gasteiger charge is 2.21. The molecule has 2 aromatic heterocycles. The standard InChI is InChI=1S/C26H26N2O3S/c29-20(16-31-24(18-9-3-1-4-10-18)19-11-5-2-6-12-19)15-28-17-27-25-23(26(28)30)21-13-7-8-14-22(21)32-25/h1-6,9-12,17,20,24,29H,7-8,13-16H2/t20-/m1/s1. The fourth-order valence-electron chi connectivity index (χ4n) is 4.44. The number of hydrogen-bond donors (Lipinski definition) is 1. The van der Waals surface area contributed by atoms with Crippen molar-refractivity contribution < 1.29 is 9.84 Å². The molecule has 0 fully saturated rings. The summed E-state index contributed by atoms with van der Waals surface area (Å²) in [5, 5.41) is 11.5. The van der Waals surface area contributed by atoms with Gasteiger partial charge in [0.05, 0.1) is 31.0 Å². The lowest BCUT2D eigenvalue weighted by molar-refractivity contribution is -0.000984. The van der Waals surface area contributed by atoms with E-state index >= 15 is 0 Å². The summed E-state index contributed by atoms with van der Waals surface area (Å²) >= 11 is 1.64. The fourth-order valence-corrected chi connectivity index (χ4v) is 5.66. The lowest BCUT2D eigenvalue weighted by Gasteiger charge is -2.21. The van der Waals surface area contributed by atoms with Gasteiger partial charge in [0.1, 0.15) is 10.9 Å². The van der Waals surface area contributed by atoms with Gasteiger partial charge in [0.2, 0.25) is 0 Å². The number of hydrogen-bond acceptors (Lipinski definition) is 5. The summed E-state index contributed by atoms with van der Waals surface area (Å²) in [5.41, 5.74) is 3.16. The Kier molecular flexibility index (Phi) is 6.17. The van der Waals surface area contributed by atoms with Crippen molar-refractivity contribution in [2.75, 3.05) is 6.61 Å². The number of rotatable bonds is 7. The van der Waals surface area contributed by atoms with Gasteiger partial charge >= 0.3 is 0 Å². The minimum atomic E-state index is -0.823. The molecule has 0 unspecified atom stereocenters. The van der Waals surface area contributed by atoms with Crippen LogP contribution < -0.4 is 5.56 Å². The molecule has 5 nitrogen and oxygen atoms in total. The van der Waals surface area contributed by atoms with Crippen LogP contribution in [-0.2, 0) is 24.1 Å². The van der Waals surface area contributed by atoms with E-state index in [9.17, 15) is 9.90 Å². The molecule has 6 heteroatoms. The number of aromatic nitrogens is 2. The smallest absolute Gasteiger partial charge is 0.262 e. The Bertz CT molecular complexity index is 1210. The van der Waals surface area contributed by atoms with Crippen LogP contribution >= 0.6 is 11.3 Å². The van der Waals surface area contributed by atoms with Crippen LogP contribution in [0.25, 0.3) is 10.2 Å². The molecule has 0 radical (unpaired) electrons. The highest BCUT2D eigenvalue weighted by atomic mass is 32.1. The fraction of sp³-hybridized carbons (Fsp3) is 0.308. The van der Waals surface area contributed by atoms with Crippen molar-refractivity contribution in [3.05, 3.63) is 98.9 Å². The number of aryl methyl sites for hydroxylation is 2.